The molecule has 5 heteroatoms. The van der Waals surface area contributed by atoms with E-state index in [1.807, 2.05) is 23.3 Å². The number of nitrogens with zero attached hydrogens (tertiary/aromatic N) is 2. The van der Waals surface area contributed by atoms with Crippen LogP contribution in [0.4, 0.5) is 0 Å². The Hall–Kier alpha value is -0.910. The summed E-state index contributed by atoms with van der Waals surface area (Å²) in [5.74, 6) is 1.00. The van der Waals surface area contributed by atoms with E-state index in [0.29, 0.717) is 18.4 Å². The molecule has 1 N–H and O–H groups in total. The van der Waals surface area contributed by atoms with Crippen LogP contribution in [0.5, 0.6) is 0 Å². The molecule has 1 saturated heterocycles. The van der Waals surface area contributed by atoms with Gasteiger partial charge in [-0.05, 0) is 55.9 Å². The van der Waals surface area contributed by atoms with E-state index in [9.17, 15) is 4.79 Å². The molecule has 110 valence electrons. The molecule has 1 amide bonds. The Balaban J connectivity index is 1.51. The zero-order valence-corrected chi connectivity index (χ0v) is 12.9. The minimum absolute atomic E-state index is 0.298. The number of likely N-dealkylation sites (tertiary alicyclic amines) is 1. The van der Waals surface area contributed by atoms with Gasteiger partial charge >= 0.3 is 0 Å². The highest BCUT2D eigenvalue weighted by atomic mass is 32.1. The lowest BCUT2D eigenvalue weighted by Crippen LogP contribution is -2.42. The van der Waals surface area contributed by atoms with E-state index < -0.39 is 0 Å². The van der Waals surface area contributed by atoms with Gasteiger partial charge in [0.15, 0.2) is 0 Å². The van der Waals surface area contributed by atoms with E-state index in [1.165, 1.54) is 16.9 Å². The molecule has 3 heterocycles. The highest BCUT2D eigenvalue weighted by molar-refractivity contribution is 7.10. The number of rotatable bonds is 4. The average molecular weight is 293 g/mol. The maximum absolute atomic E-state index is 12.4. The summed E-state index contributed by atoms with van der Waals surface area (Å²) in [6, 6.07) is 2.16. The normalized spacial score (nSPS) is 23.1. The molecule has 4 nitrogen and oxygen atoms in total. The second-order valence-corrected chi connectivity index (χ2v) is 6.88. The quantitative estimate of drug-likeness (QED) is 0.905. The monoisotopic (exact) mass is 293 g/mol. The number of fused-ring (bicyclic) bond motifs is 1. The van der Waals surface area contributed by atoms with Crippen LogP contribution in [-0.4, -0.2) is 55.5 Å². The summed E-state index contributed by atoms with van der Waals surface area (Å²) in [5, 5.41) is 5.37. The standard InChI is InChI=1S/C15H23N3OS/c1-16-8-12-2-5-17(9-12)11-15(19)18-6-3-14-13(10-18)4-7-20-14/h4,7,12,16H,2-3,5-6,8-11H2,1H3. The van der Waals surface area contributed by atoms with Crippen molar-refractivity contribution in [3.8, 4) is 0 Å². The number of hydrogen-bond acceptors (Lipinski definition) is 4. The van der Waals surface area contributed by atoms with Crippen molar-refractivity contribution in [1.29, 1.82) is 0 Å². The number of thiophene rings is 1. The number of nitrogens with one attached hydrogen (secondary N) is 1. The zero-order chi connectivity index (χ0) is 13.9. The first-order chi connectivity index (χ1) is 9.76. The number of amides is 1. The highest BCUT2D eigenvalue weighted by Gasteiger charge is 2.27. The van der Waals surface area contributed by atoms with Gasteiger partial charge in [0.05, 0.1) is 6.54 Å². The Morgan fingerprint density at radius 3 is 3.25 bits per heavy atom. The average Bonchev–Trinajstić information content (AvgIpc) is 3.07. The van der Waals surface area contributed by atoms with Gasteiger partial charge in [-0.25, -0.2) is 0 Å². The molecule has 0 bridgehead atoms. The summed E-state index contributed by atoms with van der Waals surface area (Å²) in [4.78, 5) is 18.2. The van der Waals surface area contributed by atoms with Crippen LogP contribution in [0.25, 0.3) is 0 Å². The molecule has 2 aliphatic heterocycles. The van der Waals surface area contributed by atoms with E-state index in [4.69, 9.17) is 0 Å². The Bertz CT molecular complexity index is 473. The van der Waals surface area contributed by atoms with Gasteiger partial charge in [0, 0.05) is 24.5 Å². The fraction of sp³-hybridized carbons (Fsp3) is 0.667. The zero-order valence-electron chi connectivity index (χ0n) is 12.1. The summed E-state index contributed by atoms with van der Waals surface area (Å²) in [6.07, 6.45) is 2.24. The Morgan fingerprint density at radius 2 is 2.40 bits per heavy atom. The van der Waals surface area contributed by atoms with Crippen molar-refractivity contribution in [1.82, 2.24) is 15.1 Å². The van der Waals surface area contributed by atoms with Crippen LogP contribution in [0.15, 0.2) is 11.4 Å². The molecule has 1 atom stereocenters. The van der Waals surface area contributed by atoms with E-state index in [2.05, 4.69) is 21.7 Å². The third-order valence-corrected chi connectivity index (χ3v) is 5.41. The molecule has 1 aromatic rings. The first-order valence-electron chi connectivity index (χ1n) is 7.46. The number of carbonyl (C=O) groups excluding carboxylic acids is 1. The highest BCUT2D eigenvalue weighted by Crippen LogP contribution is 2.24. The number of carbonyl (C=O) groups is 1. The van der Waals surface area contributed by atoms with Crippen molar-refractivity contribution in [3.05, 3.63) is 21.9 Å². The van der Waals surface area contributed by atoms with Gasteiger partial charge in [-0.3, -0.25) is 9.69 Å². The third-order valence-electron chi connectivity index (χ3n) is 4.38. The van der Waals surface area contributed by atoms with Crippen LogP contribution in [-0.2, 0) is 17.8 Å². The minimum atomic E-state index is 0.298. The second-order valence-electron chi connectivity index (χ2n) is 5.88. The van der Waals surface area contributed by atoms with Gasteiger partial charge in [0.1, 0.15) is 0 Å². The van der Waals surface area contributed by atoms with Gasteiger partial charge in [-0.1, -0.05) is 0 Å². The Morgan fingerprint density at radius 1 is 1.50 bits per heavy atom. The first-order valence-corrected chi connectivity index (χ1v) is 8.34. The fourth-order valence-corrected chi connectivity index (χ4v) is 4.15. The number of hydrogen-bond donors (Lipinski definition) is 1. The summed E-state index contributed by atoms with van der Waals surface area (Å²) < 4.78 is 0. The minimum Gasteiger partial charge on any atom is -0.337 e. The predicted molar refractivity (Wildman–Crippen MR) is 81.9 cm³/mol. The smallest absolute Gasteiger partial charge is 0.237 e. The summed E-state index contributed by atoms with van der Waals surface area (Å²) in [5.41, 5.74) is 1.35. The third kappa shape index (κ3) is 3.05. The maximum Gasteiger partial charge on any atom is 0.237 e. The molecule has 0 saturated carbocycles. The van der Waals surface area contributed by atoms with E-state index in [1.54, 1.807) is 0 Å². The maximum atomic E-state index is 12.4. The van der Waals surface area contributed by atoms with E-state index in [-0.39, 0.29) is 0 Å². The van der Waals surface area contributed by atoms with E-state index in [0.717, 1.165) is 39.1 Å². The molecule has 20 heavy (non-hydrogen) atoms. The van der Waals surface area contributed by atoms with Gasteiger partial charge in [0.2, 0.25) is 5.91 Å². The molecule has 0 radical (unpaired) electrons. The first kappa shape index (κ1) is 14.0. The van der Waals surface area contributed by atoms with Gasteiger partial charge < -0.3 is 10.2 Å². The van der Waals surface area contributed by atoms with Crippen molar-refractivity contribution in [3.63, 3.8) is 0 Å². The van der Waals surface area contributed by atoms with Crippen LogP contribution < -0.4 is 5.32 Å². The molecular weight excluding hydrogens is 270 g/mol. The summed E-state index contributed by atoms with van der Waals surface area (Å²) >= 11 is 1.82. The fourth-order valence-electron chi connectivity index (χ4n) is 3.26. The van der Waals surface area contributed by atoms with Crippen molar-refractivity contribution < 1.29 is 4.79 Å². The van der Waals surface area contributed by atoms with Gasteiger partial charge in [-0.2, -0.15) is 0 Å². The Labute approximate surface area is 124 Å². The van der Waals surface area contributed by atoms with Crippen LogP contribution in [0.2, 0.25) is 0 Å². The van der Waals surface area contributed by atoms with Gasteiger partial charge in [-0.15, -0.1) is 11.3 Å². The molecule has 1 aromatic heterocycles. The molecule has 0 spiro atoms. The second kappa shape index (κ2) is 6.24. The van der Waals surface area contributed by atoms with Crippen molar-refractivity contribution in [2.45, 2.75) is 19.4 Å². The van der Waals surface area contributed by atoms with Crippen LogP contribution in [0, 0.1) is 5.92 Å². The molecule has 0 aromatic carbocycles. The lowest BCUT2D eigenvalue weighted by Gasteiger charge is -2.28. The van der Waals surface area contributed by atoms with Gasteiger partial charge in [0.25, 0.3) is 0 Å². The summed E-state index contributed by atoms with van der Waals surface area (Å²) in [6.45, 7) is 5.48. The molecule has 1 fully saturated rings. The van der Waals surface area contributed by atoms with Crippen molar-refractivity contribution in [2.24, 2.45) is 5.92 Å². The van der Waals surface area contributed by atoms with Crippen molar-refractivity contribution >= 4 is 17.2 Å². The van der Waals surface area contributed by atoms with Crippen LogP contribution in [0.1, 0.15) is 16.9 Å². The van der Waals surface area contributed by atoms with Crippen molar-refractivity contribution in [2.75, 3.05) is 39.8 Å². The Kier molecular flexibility index (Phi) is 4.38. The molecule has 2 aliphatic rings. The SMILES string of the molecule is CNCC1CCN(CC(=O)N2CCc3sccc3C2)C1. The predicted octanol–water partition coefficient (Wildman–Crippen LogP) is 1.17. The summed E-state index contributed by atoms with van der Waals surface area (Å²) in [7, 11) is 2.00. The molecular formula is C15H23N3OS. The van der Waals surface area contributed by atoms with E-state index >= 15 is 0 Å². The largest absolute Gasteiger partial charge is 0.337 e. The molecule has 1 unspecified atom stereocenters. The van der Waals surface area contributed by atoms with Crippen LogP contribution in [0.3, 0.4) is 0 Å². The molecule has 0 aliphatic carbocycles. The molecule has 3 rings (SSSR count). The topological polar surface area (TPSA) is 35.6 Å². The lowest BCUT2D eigenvalue weighted by molar-refractivity contribution is -0.133. The lowest BCUT2D eigenvalue weighted by atomic mass is 10.1. The van der Waals surface area contributed by atoms with Crippen LogP contribution >= 0.6 is 11.3 Å².